The van der Waals surface area contributed by atoms with Crippen LogP contribution in [0.25, 0.3) is 5.69 Å². The van der Waals surface area contributed by atoms with E-state index < -0.39 is 0 Å². The highest BCUT2D eigenvalue weighted by Crippen LogP contribution is 2.17. The molecule has 1 amide bonds. The number of halogens is 2. The summed E-state index contributed by atoms with van der Waals surface area (Å²) in [6.45, 7) is 6.79. The van der Waals surface area contributed by atoms with Crippen LogP contribution in [0.5, 0.6) is 0 Å². The van der Waals surface area contributed by atoms with Gasteiger partial charge in [-0.2, -0.15) is 5.10 Å². The number of nitrogens with two attached hydrogens (primary N) is 1. The van der Waals surface area contributed by atoms with Crippen molar-refractivity contribution in [1.82, 2.24) is 15.1 Å². The lowest BCUT2D eigenvalue weighted by Crippen LogP contribution is -2.26. The molecule has 0 spiro atoms. The number of hydrogen-bond acceptors (Lipinski definition) is 3. The van der Waals surface area contributed by atoms with Gasteiger partial charge in [0.2, 0.25) is 5.91 Å². The standard InChI is InChI=1S/C20H30N4O.2ClH/c1-15-14-16(2)24(23-15)19-11-9-18(10-12-19)17(3)22-20(25)8-6-4-5-7-13-21;;/h9-12,14,17H,4-8,13,21H2,1-3H3,(H,22,25);2*1H. The number of aromatic nitrogens is 2. The molecule has 0 saturated heterocycles. The number of nitrogens with zero attached hydrogens (tertiary/aromatic N) is 2. The molecule has 5 nitrogen and oxygen atoms in total. The van der Waals surface area contributed by atoms with Gasteiger partial charge in [0.15, 0.2) is 0 Å². The third-order valence-electron chi connectivity index (χ3n) is 4.38. The van der Waals surface area contributed by atoms with Crippen molar-refractivity contribution in [3.05, 3.63) is 47.3 Å². The quantitative estimate of drug-likeness (QED) is 0.596. The van der Waals surface area contributed by atoms with Crippen molar-refractivity contribution < 1.29 is 4.79 Å². The summed E-state index contributed by atoms with van der Waals surface area (Å²) >= 11 is 0. The second kappa shape index (κ2) is 12.8. The van der Waals surface area contributed by atoms with Crippen molar-refractivity contribution in [2.45, 2.75) is 58.9 Å². The predicted octanol–water partition coefficient (Wildman–Crippen LogP) is 4.42. The second-order valence-electron chi connectivity index (χ2n) is 6.67. The maximum absolute atomic E-state index is 12.0. The fraction of sp³-hybridized carbons (Fsp3) is 0.500. The van der Waals surface area contributed by atoms with Crippen LogP contribution in [0.1, 0.15) is 62.0 Å². The summed E-state index contributed by atoms with van der Waals surface area (Å²) in [5.41, 5.74) is 9.73. The van der Waals surface area contributed by atoms with Crippen LogP contribution in [0.3, 0.4) is 0 Å². The molecular formula is C20H32Cl2N4O. The Balaban J connectivity index is 0.00000338. The number of rotatable bonds is 9. The summed E-state index contributed by atoms with van der Waals surface area (Å²) in [7, 11) is 0. The van der Waals surface area contributed by atoms with Crippen LogP contribution >= 0.6 is 24.8 Å². The van der Waals surface area contributed by atoms with Gasteiger partial charge >= 0.3 is 0 Å². The Labute approximate surface area is 174 Å². The van der Waals surface area contributed by atoms with Crippen molar-refractivity contribution in [3.63, 3.8) is 0 Å². The molecular weight excluding hydrogens is 383 g/mol. The minimum atomic E-state index is 0. The molecule has 1 unspecified atom stereocenters. The van der Waals surface area contributed by atoms with Crippen LogP contribution in [-0.2, 0) is 4.79 Å². The normalized spacial score (nSPS) is 11.3. The highest BCUT2D eigenvalue weighted by atomic mass is 35.5. The molecule has 0 saturated carbocycles. The van der Waals surface area contributed by atoms with Gasteiger partial charge in [0.1, 0.15) is 0 Å². The van der Waals surface area contributed by atoms with Crippen molar-refractivity contribution in [3.8, 4) is 5.69 Å². The van der Waals surface area contributed by atoms with Crippen LogP contribution in [0, 0.1) is 13.8 Å². The molecule has 1 atom stereocenters. The first kappa shape index (κ1) is 25.4. The number of carbonyl (C=O) groups excluding carboxylic acids is 1. The fourth-order valence-corrected chi connectivity index (χ4v) is 2.97. The van der Waals surface area contributed by atoms with Gasteiger partial charge in [-0.1, -0.05) is 25.0 Å². The molecule has 7 heteroatoms. The average Bonchev–Trinajstić information content (AvgIpc) is 2.93. The Morgan fingerprint density at radius 2 is 1.74 bits per heavy atom. The zero-order valence-corrected chi connectivity index (χ0v) is 18.0. The molecule has 1 aromatic carbocycles. The van der Waals surface area contributed by atoms with Crippen LogP contribution in [0.2, 0.25) is 0 Å². The van der Waals surface area contributed by atoms with E-state index in [9.17, 15) is 4.79 Å². The zero-order valence-electron chi connectivity index (χ0n) is 16.4. The number of unbranched alkanes of at least 4 members (excludes halogenated alkanes) is 3. The van der Waals surface area contributed by atoms with Gasteiger partial charge in [-0.3, -0.25) is 4.79 Å². The maximum atomic E-state index is 12.0. The summed E-state index contributed by atoms with van der Waals surface area (Å²) < 4.78 is 1.93. The Morgan fingerprint density at radius 3 is 2.30 bits per heavy atom. The zero-order chi connectivity index (χ0) is 18.2. The van der Waals surface area contributed by atoms with Crippen molar-refractivity contribution in [2.75, 3.05) is 6.54 Å². The van der Waals surface area contributed by atoms with Crippen LogP contribution < -0.4 is 11.1 Å². The molecule has 0 aliphatic rings. The van der Waals surface area contributed by atoms with E-state index in [0.29, 0.717) is 6.42 Å². The lowest BCUT2D eigenvalue weighted by molar-refractivity contribution is -0.121. The third-order valence-corrected chi connectivity index (χ3v) is 4.38. The van der Waals surface area contributed by atoms with E-state index in [1.165, 1.54) is 0 Å². The largest absolute Gasteiger partial charge is 0.350 e. The minimum Gasteiger partial charge on any atom is -0.350 e. The number of benzene rings is 1. The van der Waals surface area contributed by atoms with E-state index in [1.54, 1.807) is 0 Å². The highest BCUT2D eigenvalue weighted by molar-refractivity contribution is 5.85. The topological polar surface area (TPSA) is 72.9 Å². The first-order valence-electron chi connectivity index (χ1n) is 9.14. The van der Waals surface area contributed by atoms with Crippen molar-refractivity contribution >= 4 is 30.7 Å². The van der Waals surface area contributed by atoms with Gasteiger partial charge in [-0.05, 0) is 63.9 Å². The third kappa shape index (κ3) is 7.91. The van der Waals surface area contributed by atoms with Gasteiger partial charge in [-0.25, -0.2) is 4.68 Å². The molecule has 1 aromatic heterocycles. The number of amides is 1. The van der Waals surface area contributed by atoms with Gasteiger partial charge in [-0.15, -0.1) is 24.8 Å². The van der Waals surface area contributed by atoms with E-state index in [0.717, 1.165) is 54.9 Å². The molecule has 0 fully saturated rings. The van der Waals surface area contributed by atoms with Gasteiger partial charge in [0, 0.05) is 12.1 Å². The van der Waals surface area contributed by atoms with E-state index in [-0.39, 0.29) is 36.8 Å². The molecule has 2 rings (SSSR count). The molecule has 0 aliphatic carbocycles. The van der Waals surface area contributed by atoms with Crippen LogP contribution in [-0.4, -0.2) is 22.2 Å². The van der Waals surface area contributed by atoms with Gasteiger partial charge in [0.05, 0.1) is 17.4 Å². The van der Waals surface area contributed by atoms with Gasteiger partial charge < -0.3 is 11.1 Å². The highest BCUT2D eigenvalue weighted by Gasteiger charge is 2.10. The number of nitrogens with one attached hydrogen (secondary N) is 1. The summed E-state index contributed by atoms with van der Waals surface area (Å²) in [6.07, 6.45) is 4.72. The Hall–Kier alpha value is -1.56. The molecule has 3 N–H and O–H groups in total. The van der Waals surface area contributed by atoms with Crippen molar-refractivity contribution in [1.29, 1.82) is 0 Å². The number of carbonyl (C=O) groups is 1. The maximum Gasteiger partial charge on any atom is 0.220 e. The lowest BCUT2D eigenvalue weighted by Gasteiger charge is -2.15. The molecule has 0 bridgehead atoms. The summed E-state index contributed by atoms with van der Waals surface area (Å²) in [5.74, 6) is 0.114. The van der Waals surface area contributed by atoms with E-state index >= 15 is 0 Å². The minimum absolute atomic E-state index is 0. The molecule has 0 radical (unpaired) electrons. The predicted molar refractivity (Wildman–Crippen MR) is 116 cm³/mol. The summed E-state index contributed by atoms with van der Waals surface area (Å²) in [4.78, 5) is 12.0. The average molecular weight is 415 g/mol. The number of aryl methyl sites for hydroxylation is 2. The smallest absolute Gasteiger partial charge is 0.220 e. The van der Waals surface area contributed by atoms with Crippen LogP contribution in [0.4, 0.5) is 0 Å². The van der Waals surface area contributed by atoms with Gasteiger partial charge in [0.25, 0.3) is 0 Å². The molecule has 0 aliphatic heterocycles. The first-order valence-corrected chi connectivity index (χ1v) is 9.14. The Bertz CT molecular complexity index is 686. The summed E-state index contributed by atoms with van der Waals surface area (Å²) in [6, 6.07) is 10.3. The fourth-order valence-electron chi connectivity index (χ4n) is 2.97. The van der Waals surface area contributed by atoms with E-state index in [2.05, 4.69) is 28.6 Å². The van der Waals surface area contributed by atoms with Crippen molar-refractivity contribution in [2.24, 2.45) is 5.73 Å². The lowest BCUT2D eigenvalue weighted by atomic mass is 10.1. The number of hydrogen-bond donors (Lipinski definition) is 2. The first-order chi connectivity index (χ1) is 12.0. The molecule has 1 heterocycles. The second-order valence-corrected chi connectivity index (χ2v) is 6.67. The van der Waals surface area contributed by atoms with Crippen LogP contribution in [0.15, 0.2) is 30.3 Å². The summed E-state index contributed by atoms with van der Waals surface area (Å²) in [5, 5.41) is 7.57. The molecule has 27 heavy (non-hydrogen) atoms. The molecule has 2 aromatic rings. The molecule has 152 valence electrons. The van der Waals surface area contributed by atoms with E-state index in [1.807, 2.05) is 37.6 Å². The van der Waals surface area contributed by atoms with E-state index in [4.69, 9.17) is 5.73 Å². The Morgan fingerprint density at radius 1 is 1.11 bits per heavy atom. The Kier molecular flexibility index (Phi) is 12.0. The SMILES string of the molecule is Cc1cc(C)n(-c2ccc(C(C)NC(=O)CCCCCCN)cc2)n1.Cl.Cl. The monoisotopic (exact) mass is 414 g/mol.